The third-order valence-electron chi connectivity index (χ3n) is 7.36. The van der Waals surface area contributed by atoms with Crippen LogP contribution in [0.3, 0.4) is 0 Å². The quantitative estimate of drug-likeness (QED) is 0.284. The van der Waals surface area contributed by atoms with Crippen LogP contribution in [0.15, 0.2) is 54.6 Å². The number of hydrogen-bond donors (Lipinski definition) is 5. The summed E-state index contributed by atoms with van der Waals surface area (Å²) in [5.74, 6) is -0.532. The lowest BCUT2D eigenvalue weighted by molar-refractivity contribution is 0.102. The molecule has 3 amide bonds. The van der Waals surface area contributed by atoms with Gasteiger partial charge in [-0.25, -0.2) is 18.7 Å². The maximum Gasteiger partial charge on any atom is 0.319 e. The predicted octanol–water partition coefficient (Wildman–Crippen LogP) is 4.35. The van der Waals surface area contributed by atoms with Gasteiger partial charge in [0.15, 0.2) is 17.2 Å². The second-order valence-electron chi connectivity index (χ2n) is 10.5. The zero-order valence-electron chi connectivity index (χ0n) is 22.0. The van der Waals surface area contributed by atoms with Crippen molar-refractivity contribution in [1.29, 1.82) is 0 Å². The van der Waals surface area contributed by atoms with Crippen molar-refractivity contribution in [3.8, 4) is 0 Å². The summed E-state index contributed by atoms with van der Waals surface area (Å²) < 4.78 is 15.6. The van der Waals surface area contributed by atoms with Gasteiger partial charge in [-0.2, -0.15) is 0 Å². The number of urea groups is 1. The van der Waals surface area contributed by atoms with Crippen molar-refractivity contribution in [2.45, 2.75) is 69.5 Å². The first kappa shape index (κ1) is 25.8. The number of halogens is 1. The SMILES string of the molecule is O=C(NC1=CC=CCC1)NC1CCC(Nc2cc(NC3CC3)c3ncc(C(=O)Nc4ccncc4F)n3n2)CC1. The van der Waals surface area contributed by atoms with Gasteiger partial charge in [0, 0.05) is 36.1 Å². The number of carbonyl (C=O) groups excluding carboxylic acids is 2. The van der Waals surface area contributed by atoms with Crippen LogP contribution in [0.2, 0.25) is 0 Å². The Hall–Kier alpha value is -4.48. The van der Waals surface area contributed by atoms with Gasteiger partial charge in [0.2, 0.25) is 0 Å². The number of allylic oxidation sites excluding steroid dienone is 4. The van der Waals surface area contributed by atoms with Gasteiger partial charge in [0.25, 0.3) is 5.91 Å². The maximum absolute atomic E-state index is 14.1. The number of nitrogens with zero attached hydrogens (tertiary/aromatic N) is 4. The van der Waals surface area contributed by atoms with E-state index in [9.17, 15) is 14.0 Å². The van der Waals surface area contributed by atoms with E-state index < -0.39 is 11.7 Å². The van der Waals surface area contributed by atoms with Gasteiger partial charge in [0.1, 0.15) is 5.82 Å². The van der Waals surface area contributed by atoms with E-state index in [1.165, 1.54) is 23.0 Å². The van der Waals surface area contributed by atoms with Crippen molar-refractivity contribution < 1.29 is 14.0 Å². The topological polar surface area (TPSA) is 137 Å². The van der Waals surface area contributed by atoms with Gasteiger partial charge in [-0.1, -0.05) is 12.2 Å². The van der Waals surface area contributed by atoms with E-state index in [0.29, 0.717) is 17.5 Å². The molecule has 3 aliphatic carbocycles. The van der Waals surface area contributed by atoms with Crippen LogP contribution in [0.25, 0.3) is 5.65 Å². The van der Waals surface area contributed by atoms with E-state index in [1.54, 1.807) is 0 Å². The lowest BCUT2D eigenvalue weighted by Gasteiger charge is -2.30. The van der Waals surface area contributed by atoms with Gasteiger partial charge in [0.05, 0.1) is 23.8 Å². The Morgan fingerprint density at radius 2 is 1.73 bits per heavy atom. The van der Waals surface area contributed by atoms with E-state index >= 15 is 0 Å². The highest BCUT2D eigenvalue weighted by atomic mass is 19.1. The third kappa shape index (κ3) is 6.05. The molecule has 5 N–H and O–H groups in total. The minimum absolute atomic E-state index is 0.0342. The fourth-order valence-electron chi connectivity index (χ4n) is 5.08. The zero-order valence-corrected chi connectivity index (χ0v) is 22.0. The molecule has 3 aromatic rings. The monoisotopic (exact) mass is 545 g/mol. The summed E-state index contributed by atoms with van der Waals surface area (Å²) in [6.07, 6.45) is 17.2. The van der Waals surface area contributed by atoms with Crippen LogP contribution in [-0.4, -0.2) is 49.6 Å². The number of imidazole rings is 1. The molecule has 40 heavy (non-hydrogen) atoms. The van der Waals surface area contributed by atoms with Crippen molar-refractivity contribution in [2.24, 2.45) is 0 Å². The largest absolute Gasteiger partial charge is 0.379 e. The standard InChI is InChI=1S/C28H32FN9O2/c29-21-15-30-13-12-22(21)36-27(39)24-16-31-26-23(32-18-6-7-18)14-25(37-38(24)26)33-19-8-10-20(11-9-19)35-28(40)34-17-4-2-1-3-5-17/h1-2,4,12-16,18-20,32H,3,5-11H2,(H,33,37)(H,30,36,39)(H2,34,35,40). The van der Waals surface area contributed by atoms with Gasteiger partial charge in [-0.05, 0) is 63.5 Å². The fraction of sp³-hybridized carbons (Fsp3) is 0.393. The first-order chi connectivity index (χ1) is 19.5. The number of pyridine rings is 1. The Morgan fingerprint density at radius 3 is 2.48 bits per heavy atom. The van der Waals surface area contributed by atoms with Crippen LogP contribution in [0.4, 0.5) is 26.4 Å². The van der Waals surface area contributed by atoms with Crippen LogP contribution in [0, 0.1) is 5.82 Å². The number of nitrogens with one attached hydrogen (secondary N) is 5. The maximum atomic E-state index is 14.1. The molecular formula is C28H32FN9O2. The molecule has 12 heteroatoms. The molecule has 0 aromatic carbocycles. The molecule has 0 radical (unpaired) electrons. The molecule has 208 valence electrons. The van der Waals surface area contributed by atoms with E-state index in [1.807, 2.05) is 18.2 Å². The smallest absolute Gasteiger partial charge is 0.319 e. The normalized spacial score (nSPS) is 20.5. The number of hydrogen-bond acceptors (Lipinski definition) is 7. The third-order valence-corrected chi connectivity index (χ3v) is 7.36. The molecule has 0 unspecified atom stereocenters. The summed E-state index contributed by atoms with van der Waals surface area (Å²) in [4.78, 5) is 33.6. The summed E-state index contributed by atoms with van der Waals surface area (Å²) in [5, 5.41) is 20.3. The second-order valence-corrected chi connectivity index (χ2v) is 10.5. The van der Waals surface area contributed by atoms with Crippen LogP contribution >= 0.6 is 0 Å². The number of anilines is 3. The number of amides is 3. The molecule has 11 nitrogen and oxygen atoms in total. The summed E-state index contributed by atoms with van der Waals surface area (Å²) in [7, 11) is 0. The number of rotatable bonds is 8. The summed E-state index contributed by atoms with van der Waals surface area (Å²) in [5.41, 5.74) is 2.47. The van der Waals surface area contributed by atoms with Crippen LogP contribution < -0.4 is 26.6 Å². The Kier molecular flexibility index (Phi) is 7.30. The average molecular weight is 546 g/mol. The lowest BCUT2D eigenvalue weighted by Crippen LogP contribution is -2.44. The molecule has 3 aromatic heterocycles. The van der Waals surface area contributed by atoms with Gasteiger partial charge >= 0.3 is 6.03 Å². The Balaban J connectivity index is 1.13. The highest BCUT2D eigenvalue weighted by Crippen LogP contribution is 2.30. The van der Waals surface area contributed by atoms with Crippen molar-refractivity contribution >= 4 is 34.8 Å². The highest BCUT2D eigenvalue weighted by Gasteiger charge is 2.26. The van der Waals surface area contributed by atoms with E-state index in [-0.39, 0.29) is 29.5 Å². The fourth-order valence-corrected chi connectivity index (χ4v) is 5.08. The molecular weight excluding hydrogens is 513 g/mol. The predicted molar refractivity (Wildman–Crippen MR) is 150 cm³/mol. The Bertz CT molecular complexity index is 1470. The zero-order chi connectivity index (χ0) is 27.5. The molecule has 6 rings (SSSR count). The van der Waals surface area contributed by atoms with E-state index in [4.69, 9.17) is 0 Å². The molecule has 0 atom stereocenters. The van der Waals surface area contributed by atoms with Gasteiger partial charge < -0.3 is 26.6 Å². The highest BCUT2D eigenvalue weighted by molar-refractivity contribution is 6.03. The van der Waals surface area contributed by atoms with E-state index in [2.05, 4.69) is 47.7 Å². The second kappa shape index (κ2) is 11.3. The number of aromatic nitrogens is 4. The van der Waals surface area contributed by atoms with Gasteiger partial charge in [-0.3, -0.25) is 9.78 Å². The minimum Gasteiger partial charge on any atom is -0.379 e. The Morgan fingerprint density at radius 1 is 0.950 bits per heavy atom. The van der Waals surface area contributed by atoms with Crippen LogP contribution in [0.1, 0.15) is 61.9 Å². The summed E-state index contributed by atoms with van der Waals surface area (Å²) in [6.45, 7) is 0. The van der Waals surface area contributed by atoms with Crippen LogP contribution in [0.5, 0.6) is 0 Å². The van der Waals surface area contributed by atoms with Crippen molar-refractivity contribution in [1.82, 2.24) is 30.2 Å². The minimum atomic E-state index is -0.623. The first-order valence-corrected chi connectivity index (χ1v) is 13.8. The molecule has 3 aliphatic rings. The van der Waals surface area contributed by atoms with Crippen molar-refractivity contribution in [3.05, 3.63) is 66.2 Å². The number of fused-ring (bicyclic) bond motifs is 1. The first-order valence-electron chi connectivity index (χ1n) is 13.8. The van der Waals surface area contributed by atoms with Crippen molar-refractivity contribution in [3.63, 3.8) is 0 Å². The van der Waals surface area contributed by atoms with Crippen LogP contribution in [-0.2, 0) is 0 Å². The molecule has 0 spiro atoms. The summed E-state index contributed by atoms with van der Waals surface area (Å²) in [6, 6.07) is 3.81. The number of carbonyl (C=O) groups is 2. The molecule has 2 saturated carbocycles. The Labute approximate surface area is 230 Å². The molecule has 0 saturated heterocycles. The summed E-state index contributed by atoms with van der Waals surface area (Å²) >= 11 is 0. The van der Waals surface area contributed by atoms with E-state index in [0.717, 1.165) is 68.9 Å². The molecule has 0 aliphatic heterocycles. The molecule has 2 fully saturated rings. The average Bonchev–Trinajstić information content (AvgIpc) is 3.66. The van der Waals surface area contributed by atoms with Gasteiger partial charge in [-0.15, -0.1) is 5.10 Å². The van der Waals surface area contributed by atoms with Crippen molar-refractivity contribution in [2.75, 3.05) is 16.0 Å². The molecule has 0 bridgehead atoms. The lowest BCUT2D eigenvalue weighted by atomic mass is 9.91. The molecule has 3 heterocycles.